The molecule has 1 heterocycles. The van der Waals surface area contributed by atoms with Crippen molar-refractivity contribution in [1.82, 2.24) is 10.2 Å². The quantitative estimate of drug-likeness (QED) is 0.874. The summed E-state index contributed by atoms with van der Waals surface area (Å²) in [5.74, 6) is -0.933. The van der Waals surface area contributed by atoms with Gasteiger partial charge in [0, 0.05) is 19.0 Å². The van der Waals surface area contributed by atoms with Gasteiger partial charge < -0.3 is 10.0 Å². The maximum atomic E-state index is 12.4. The molecule has 0 aliphatic rings. The molecular weight excluding hydrogens is 283 g/mol. The number of rotatable bonds is 6. The van der Waals surface area contributed by atoms with Gasteiger partial charge in [0.05, 0.1) is 0 Å². The van der Waals surface area contributed by atoms with E-state index < -0.39 is 17.2 Å². The molecule has 0 aliphatic heterocycles. The topological polar surface area (TPSA) is 66.3 Å². The summed E-state index contributed by atoms with van der Waals surface area (Å²) in [7, 11) is 0. The van der Waals surface area contributed by atoms with Crippen LogP contribution in [0.15, 0.2) is 0 Å². The van der Waals surface area contributed by atoms with Crippen molar-refractivity contribution >= 4 is 22.4 Å². The van der Waals surface area contributed by atoms with E-state index >= 15 is 0 Å². The highest BCUT2D eigenvalue weighted by atomic mass is 32.1. The summed E-state index contributed by atoms with van der Waals surface area (Å²) >= 11 is 0.466. The third-order valence-electron chi connectivity index (χ3n) is 2.32. The minimum Gasteiger partial charge on any atom is -0.481 e. The van der Waals surface area contributed by atoms with Crippen LogP contribution in [0.25, 0.3) is 0 Å². The molecular formula is C10H14F3N3O2S. The van der Waals surface area contributed by atoms with Gasteiger partial charge in [-0.05, 0) is 20.3 Å². The molecule has 5 nitrogen and oxygen atoms in total. The summed E-state index contributed by atoms with van der Waals surface area (Å²) in [6.45, 7) is 3.93. The van der Waals surface area contributed by atoms with Crippen LogP contribution in [0.4, 0.5) is 18.3 Å². The Kier molecular flexibility index (Phi) is 5.10. The Morgan fingerprint density at radius 2 is 2.05 bits per heavy atom. The first-order valence-electron chi connectivity index (χ1n) is 5.61. The van der Waals surface area contributed by atoms with E-state index in [1.165, 1.54) is 0 Å². The maximum absolute atomic E-state index is 12.4. The van der Waals surface area contributed by atoms with Crippen LogP contribution in [0.5, 0.6) is 0 Å². The van der Waals surface area contributed by atoms with Crippen LogP contribution >= 0.6 is 11.3 Å². The van der Waals surface area contributed by atoms with Crippen molar-refractivity contribution in [2.75, 3.05) is 11.4 Å². The molecule has 0 aromatic carbocycles. The van der Waals surface area contributed by atoms with Gasteiger partial charge in [0.2, 0.25) is 10.1 Å². The van der Waals surface area contributed by atoms with Crippen LogP contribution in [0.2, 0.25) is 0 Å². The van der Waals surface area contributed by atoms with E-state index in [1.54, 1.807) is 18.7 Å². The van der Waals surface area contributed by atoms with Crippen molar-refractivity contribution in [1.29, 1.82) is 0 Å². The van der Waals surface area contributed by atoms with Gasteiger partial charge in [-0.25, -0.2) is 0 Å². The smallest absolute Gasteiger partial charge is 0.445 e. The summed E-state index contributed by atoms with van der Waals surface area (Å²) < 4.78 is 37.3. The number of hydrogen-bond acceptors (Lipinski definition) is 5. The van der Waals surface area contributed by atoms with Crippen LogP contribution in [0.3, 0.4) is 0 Å². The van der Waals surface area contributed by atoms with Gasteiger partial charge in [0.1, 0.15) is 0 Å². The zero-order valence-electron chi connectivity index (χ0n) is 10.4. The number of nitrogens with zero attached hydrogens (tertiary/aromatic N) is 3. The van der Waals surface area contributed by atoms with E-state index in [2.05, 4.69) is 10.2 Å². The number of halogens is 3. The predicted octanol–water partition coefficient (Wildman–Crippen LogP) is 2.64. The predicted molar refractivity (Wildman–Crippen MR) is 64.3 cm³/mol. The highest BCUT2D eigenvalue weighted by Gasteiger charge is 2.36. The van der Waals surface area contributed by atoms with Gasteiger partial charge >= 0.3 is 12.1 Å². The highest BCUT2D eigenvalue weighted by Crippen LogP contribution is 2.34. The van der Waals surface area contributed by atoms with Crippen LogP contribution in [0, 0.1) is 0 Å². The molecule has 0 amide bonds. The lowest BCUT2D eigenvalue weighted by Crippen LogP contribution is -2.31. The Labute approximate surface area is 112 Å². The summed E-state index contributed by atoms with van der Waals surface area (Å²) in [6, 6.07) is -0.0807. The number of hydrogen-bond donors (Lipinski definition) is 1. The molecule has 1 aromatic rings. The fraction of sp³-hybridized carbons (Fsp3) is 0.700. The van der Waals surface area contributed by atoms with Crippen molar-refractivity contribution in [3.8, 4) is 0 Å². The molecule has 108 valence electrons. The van der Waals surface area contributed by atoms with Gasteiger partial charge in [-0.1, -0.05) is 11.3 Å². The zero-order valence-corrected chi connectivity index (χ0v) is 11.3. The second-order valence-corrected chi connectivity index (χ2v) is 5.13. The molecule has 1 rings (SSSR count). The SMILES string of the molecule is CC(C)N(CCCC(=O)O)c1nnc(C(F)(F)F)s1. The van der Waals surface area contributed by atoms with Crippen LogP contribution in [-0.4, -0.2) is 33.9 Å². The van der Waals surface area contributed by atoms with Crippen molar-refractivity contribution in [2.24, 2.45) is 0 Å². The Morgan fingerprint density at radius 3 is 2.47 bits per heavy atom. The Hall–Kier alpha value is -1.38. The van der Waals surface area contributed by atoms with Gasteiger partial charge in [-0.3, -0.25) is 4.79 Å². The number of alkyl halides is 3. The van der Waals surface area contributed by atoms with Gasteiger partial charge in [0.25, 0.3) is 0 Å². The number of carboxylic acids is 1. The summed E-state index contributed by atoms with van der Waals surface area (Å²) in [6.07, 6.45) is -4.19. The number of aliphatic carboxylic acids is 1. The summed E-state index contributed by atoms with van der Waals surface area (Å²) in [5.41, 5.74) is 0. The number of aromatic nitrogens is 2. The van der Waals surface area contributed by atoms with Gasteiger partial charge in [-0.2, -0.15) is 13.2 Å². The Bertz CT molecular complexity index is 434. The molecule has 0 aliphatic carbocycles. The first-order chi connectivity index (χ1) is 8.71. The fourth-order valence-electron chi connectivity index (χ4n) is 1.42. The molecule has 19 heavy (non-hydrogen) atoms. The van der Waals surface area contributed by atoms with E-state index in [0.29, 0.717) is 24.3 Å². The number of carboxylic acid groups (broad SMARTS) is 1. The minimum absolute atomic E-state index is 0.0336. The van der Waals surface area contributed by atoms with Gasteiger partial charge in [-0.15, -0.1) is 10.2 Å². The monoisotopic (exact) mass is 297 g/mol. The average Bonchev–Trinajstić information content (AvgIpc) is 2.71. The minimum atomic E-state index is -4.50. The number of carbonyl (C=O) groups is 1. The Balaban J connectivity index is 2.76. The standard InChI is InChI=1S/C10H14F3N3O2S/c1-6(2)16(5-3-4-7(17)18)9-15-14-8(19-9)10(11,12)13/h6H,3-5H2,1-2H3,(H,17,18). The second kappa shape index (κ2) is 6.18. The average molecular weight is 297 g/mol. The normalized spacial score (nSPS) is 11.9. The first-order valence-corrected chi connectivity index (χ1v) is 6.42. The third-order valence-corrected chi connectivity index (χ3v) is 3.32. The van der Waals surface area contributed by atoms with Crippen molar-refractivity contribution in [3.63, 3.8) is 0 Å². The lowest BCUT2D eigenvalue weighted by molar-refractivity contribution is -0.138. The number of anilines is 1. The molecule has 9 heteroatoms. The lowest BCUT2D eigenvalue weighted by Gasteiger charge is -2.25. The van der Waals surface area contributed by atoms with Crippen LogP contribution in [-0.2, 0) is 11.0 Å². The largest absolute Gasteiger partial charge is 0.481 e. The van der Waals surface area contributed by atoms with Gasteiger partial charge in [0.15, 0.2) is 0 Å². The molecule has 1 aromatic heterocycles. The second-order valence-electron chi connectivity index (χ2n) is 4.17. The fourth-order valence-corrected chi connectivity index (χ4v) is 2.29. The van der Waals surface area contributed by atoms with Crippen molar-refractivity contribution < 1.29 is 23.1 Å². The van der Waals surface area contributed by atoms with E-state index in [0.717, 1.165) is 0 Å². The molecule has 0 radical (unpaired) electrons. The first kappa shape index (κ1) is 15.7. The zero-order chi connectivity index (χ0) is 14.6. The molecule has 0 spiro atoms. The van der Waals surface area contributed by atoms with E-state index in [4.69, 9.17) is 5.11 Å². The van der Waals surface area contributed by atoms with E-state index in [9.17, 15) is 18.0 Å². The third kappa shape index (κ3) is 4.66. The van der Waals surface area contributed by atoms with Crippen LogP contribution in [0.1, 0.15) is 31.7 Å². The highest BCUT2D eigenvalue weighted by molar-refractivity contribution is 7.15. The molecule has 0 fully saturated rings. The van der Waals surface area contributed by atoms with E-state index in [-0.39, 0.29) is 17.6 Å². The summed E-state index contributed by atoms with van der Waals surface area (Å²) in [5, 5.41) is 14.4. The van der Waals surface area contributed by atoms with Crippen molar-refractivity contribution in [2.45, 2.75) is 38.9 Å². The van der Waals surface area contributed by atoms with Crippen LogP contribution < -0.4 is 4.90 Å². The lowest BCUT2D eigenvalue weighted by atomic mass is 10.2. The maximum Gasteiger partial charge on any atom is 0.445 e. The molecule has 0 atom stereocenters. The molecule has 0 saturated carbocycles. The molecule has 0 saturated heterocycles. The molecule has 1 N–H and O–H groups in total. The summed E-state index contributed by atoms with van der Waals surface area (Å²) in [4.78, 5) is 12.1. The Morgan fingerprint density at radius 1 is 1.42 bits per heavy atom. The van der Waals surface area contributed by atoms with E-state index in [1.807, 2.05) is 0 Å². The van der Waals surface area contributed by atoms with Crippen molar-refractivity contribution in [3.05, 3.63) is 5.01 Å². The molecule has 0 bridgehead atoms. The molecule has 0 unspecified atom stereocenters.